The second-order valence-corrected chi connectivity index (χ2v) is 8.96. The predicted octanol–water partition coefficient (Wildman–Crippen LogP) is 1.34. The summed E-state index contributed by atoms with van der Waals surface area (Å²) in [6.45, 7) is 0. The monoisotopic (exact) mass is 314 g/mol. The molecule has 0 aromatic heterocycles. The summed E-state index contributed by atoms with van der Waals surface area (Å²) in [6, 6.07) is 17.6. The normalized spacial score (nSPS) is 11.1. The molecule has 0 spiro atoms. The average Bonchev–Trinajstić information content (AvgIpc) is 2.30. The Morgan fingerprint density at radius 3 is 1.94 bits per heavy atom. The molecule has 2 rings (SSSR count). The molecule has 0 aliphatic carbocycles. The van der Waals surface area contributed by atoms with Crippen LogP contribution in [0.15, 0.2) is 60.7 Å². The van der Waals surface area contributed by atoms with Gasteiger partial charge in [0.15, 0.2) is 0 Å². The molecule has 3 nitrogen and oxygen atoms in total. The van der Waals surface area contributed by atoms with Crippen LogP contribution in [0.3, 0.4) is 0 Å². The van der Waals surface area contributed by atoms with E-state index in [0.29, 0.717) is 5.75 Å². The summed E-state index contributed by atoms with van der Waals surface area (Å²) in [5, 5.41) is 0. The Balaban J connectivity index is 2.11. The number of hydrogen-bond acceptors (Lipinski definition) is 3. The molecule has 0 bridgehead atoms. The summed E-state index contributed by atoms with van der Waals surface area (Å²) >= 11 is -0.732. The number of hydrogen-bond donors (Lipinski definition) is 0. The fourth-order valence-corrected chi connectivity index (χ4v) is 5.15. The van der Waals surface area contributed by atoms with E-state index in [1.807, 2.05) is 24.3 Å². The van der Waals surface area contributed by atoms with Gasteiger partial charge >= 0.3 is 106 Å². The third kappa shape index (κ3) is 3.89. The first-order valence-electron chi connectivity index (χ1n) is 4.90. The van der Waals surface area contributed by atoms with Gasteiger partial charge in [-0.2, -0.15) is 0 Å². The van der Waals surface area contributed by atoms with Crippen LogP contribution in [0.25, 0.3) is 0 Å². The van der Waals surface area contributed by atoms with Crippen LogP contribution >= 0.6 is 0 Å². The van der Waals surface area contributed by atoms with Crippen molar-refractivity contribution in [3.05, 3.63) is 60.7 Å². The summed E-state index contributed by atoms with van der Waals surface area (Å²) in [4.78, 5) is 0. The van der Waals surface area contributed by atoms with Crippen molar-refractivity contribution >= 4 is 26.8 Å². The summed E-state index contributed by atoms with van der Waals surface area (Å²) in [5.41, 5.74) is 0. The molecule has 0 aliphatic rings. The van der Waals surface area contributed by atoms with Gasteiger partial charge in [-0.25, -0.2) is 0 Å². The van der Waals surface area contributed by atoms with Crippen LogP contribution in [0, 0.1) is 0 Å². The Morgan fingerprint density at radius 1 is 0.824 bits per heavy atom. The minimum atomic E-state index is -3.53. The number of rotatable bonds is 4. The van der Waals surface area contributed by atoms with Crippen LogP contribution in [-0.4, -0.2) is 22.3 Å². The van der Waals surface area contributed by atoms with Gasteiger partial charge in [-0.05, 0) is 0 Å². The molecule has 0 heterocycles. The van der Waals surface area contributed by atoms with Gasteiger partial charge in [0.05, 0.1) is 0 Å². The van der Waals surface area contributed by atoms with E-state index >= 15 is 0 Å². The Hall–Kier alpha value is -1.29. The first kappa shape index (κ1) is 12.2. The van der Waals surface area contributed by atoms with Crippen molar-refractivity contribution in [1.82, 2.24) is 0 Å². The van der Waals surface area contributed by atoms with Crippen molar-refractivity contribution in [2.45, 2.75) is 0 Å². The second-order valence-electron chi connectivity index (χ2n) is 3.20. The van der Waals surface area contributed by atoms with Crippen LogP contribution in [0.2, 0.25) is 0 Å². The fraction of sp³-hybridized carbons (Fsp3) is 0. The minimum absolute atomic E-state index is 0.352. The molecule has 2 aromatic carbocycles. The molecule has 0 aliphatic heterocycles. The van der Waals surface area contributed by atoms with Gasteiger partial charge in [0.25, 0.3) is 0 Å². The number of benzene rings is 2. The van der Waals surface area contributed by atoms with E-state index in [9.17, 15) is 8.42 Å². The molecule has 0 unspecified atom stereocenters. The maximum atomic E-state index is 11.8. The van der Waals surface area contributed by atoms with Crippen LogP contribution in [0.1, 0.15) is 0 Å². The number of para-hydroxylation sites is 1. The molecular weight excluding hydrogens is 303 g/mol. The molecule has 5 heteroatoms. The molecule has 0 N–H and O–H groups in total. The summed E-state index contributed by atoms with van der Waals surface area (Å²) < 4.78 is 29.3. The standard InChI is InChI=1S/C12H10O3SSe/c13-16(14,15-11-7-3-1-4-8-11)17-12-9-5-2-6-10-12/h1-10H. The van der Waals surface area contributed by atoms with Gasteiger partial charge in [-0.1, -0.05) is 0 Å². The molecule has 2 aromatic rings. The fourth-order valence-electron chi connectivity index (χ4n) is 1.20. The van der Waals surface area contributed by atoms with Gasteiger partial charge in [-0.15, -0.1) is 0 Å². The van der Waals surface area contributed by atoms with Crippen molar-refractivity contribution in [3.8, 4) is 5.75 Å². The van der Waals surface area contributed by atoms with E-state index in [4.69, 9.17) is 4.18 Å². The average molecular weight is 313 g/mol. The molecule has 0 saturated heterocycles. The summed E-state index contributed by atoms with van der Waals surface area (Å²) in [7, 11) is -3.53. The zero-order valence-corrected chi connectivity index (χ0v) is 11.3. The third-order valence-electron chi connectivity index (χ3n) is 1.88. The zero-order valence-electron chi connectivity index (χ0n) is 8.81. The molecule has 0 amide bonds. The van der Waals surface area contributed by atoms with Crippen molar-refractivity contribution < 1.29 is 12.6 Å². The van der Waals surface area contributed by atoms with E-state index in [1.54, 1.807) is 36.4 Å². The topological polar surface area (TPSA) is 43.4 Å². The zero-order chi connectivity index (χ0) is 12.1. The van der Waals surface area contributed by atoms with Crippen LogP contribution in [0.4, 0.5) is 0 Å². The molecule has 17 heavy (non-hydrogen) atoms. The van der Waals surface area contributed by atoms with Crippen molar-refractivity contribution in [3.63, 3.8) is 0 Å². The quantitative estimate of drug-likeness (QED) is 0.800. The Kier molecular flexibility index (Phi) is 3.84. The van der Waals surface area contributed by atoms with Crippen LogP contribution in [0.5, 0.6) is 5.75 Å². The summed E-state index contributed by atoms with van der Waals surface area (Å²) in [6.07, 6.45) is 0. The van der Waals surface area contributed by atoms with Gasteiger partial charge in [-0.3, -0.25) is 0 Å². The first-order valence-corrected chi connectivity index (χ1v) is 9.18. The molecule has 0 saturated carbocycles. The Labute approximate surface area is 106 Å². The second kappa shape index (κ2) is 5.36. The van der Waals surface area contributed by atoms with Crippen molar-refractivity contribution in [2.75, 3.05) is 0 Å². The third-order valence-corrected chi connectivity index (χ3v) is 6.17. The van der Waals surface area contributed by atoms with Crippen molar-refractivity contribution in [1.29, 1.82) is 0 Å². The van der Waals surface area contributed by atoms with Crippen molar-refractivity contribution in [2.24, 2.45) is 0 Å². The van der Waals surface area contributed by atoms with Gasteiger partial charge in [0.2, 0.25) is 0 Å². The van der Waals surface area contributed by atoms with E-state index in [0.717, 1.165) is 4.46 Å². The molecular formula is C12H10O3SSe. The predicted molar refractivity (Wildman–Crippen MR) is 67.8 cm³/mol. The van der Waals surface area contributed by atoms with E-state index in [2.05, 4.69) is 0 Å². The van der Waals surface area contributed by atoms with E-state index < -0.39 is 22.4 Å². The van der Waals surface area contributed by atoms with Gasteiger partial charge in [0.1, 0.15) is 0 Å². The molecule has 88 valence electrons. The molecule has 0 fully saturated rings. The van der Waals surface area contributed by atoms with Gasteiger partial charge in [0, 0.05) is 0 Å². The maximum absolute atomic E-state index is 11.8. The summed E-state index contributed by atoms with van der Waals surface area (Å²) in [5.74, 6) is 0.352. The molecule has 0 atom stereocenters. The first-order chi connectivity index (χ1) is 8.16. The van der Waals surface area contributed by atoms with Crippen LogP contribution < -0.4 is 8.64 Å². The van der Waals surface area contributed by atoms with E-state index in [1.165, 1.54) is 0 Å². The molecule has 0 radical (unpaired) electrons. The van der Waals surface area contributed by atoms with E-state index in [-0.39, 0.29) is 0 Å². The van der Waals surface area contributed by atoms with Gasteiger partial charge < -0.3 is 0 Å². The Morgan fingerprint density at radius 2 is 1.35 bits per heavy atom. The SMILES string of the molecule is O=S(=O)(Oc1ccccc1)[Se]c1ccccc1. The van der Waals surface area contributed by atoms with Crippen LogP contribution in [-0.2, 0) is 8.54 Å². The Bertz CT molecular complexity index is 520.